The van der Waals surface area contributed by atoms with Gasteiger partial charge in [0.1, 0.15) is 11.5 Å². The van der Waals surface area contributed by atoms with Crippen LogP contribution in [0, 0.1) is 0 Å². The molecule has 0 radical (unpaired) electrons. The Labute approximate surface area is 180 Å². The second kappa shape index (κ2) is 10.2. The Morgan fingerprint density at radius 2 is 1.83 bits per heavy atom. The highest BCUT2D eigenvalue weighted by atomic mass is 32.2. The zero-order chi connectivity index (χ0) is 21.5. The number of carbonyl (C=O) groups is 1. The zero-order valence-electron chi connectivity index (χ0n) is 17.6. The van der Waals surface area contributed by atoms with Crippen molar-refractivity contribution in [3.05, 3.63) is 54.1 Å². The number of nitrogens with one attached hydrogen (secondary N) is 1. The van der Waals surface area contributed by atoms with Gasteiger partial charge in [-0.05, 0) is 43.7 Å². The van der Waals surface area contributed by atoms with Crippen molar-refractivity contribution in [3.8, 4) is 22.9 Å². The number of ether oxygens (including phenoxy) is 2. The quantitative estimate of drug-likeness (QED) is 0.525. The summed E-state index contributed by atoms with van der Waals surface area (Å²) in [5.41, 5.74) is 1.88. The third-order valence-electron chi connectivity index (χ3n) is 4.66. The van der Waals surface area contributed by atoms with Gasteiger partial charge in [-0.2, -0.15) is 0 Å². The topological polar surface area (TPSA) is 78.3 Å². The largest absolute Gasteiger partial charge is 0.497 e. The predicted octanol–water partition coefficient (Wildman–Crippen LogP) is 3.78. The Hall–Kier alpha value is -3.00. The van der Waals surface area contributed by atoms with E-state index in [4.69, 9.17) is 9.47 Å². The number of nitrogens with zero attached hydrogens (tertiary/aromatic N) is 3. The van der Waals surface area contributed by atoms with E-state index in [1.54, 1.807) is 14.2 Å². The normalized spacial score (nSPS) is 11.7. The molecule has 1 unspecified atom stereocenters. The Morgan fingerprint density at radius 1 is 1.10 bits per heavy atom. The first-order chi connectivity index (χ1) is 14.6. The molecule has 0 fully saturated rings. The average Bonchev–Trinajstić information content (AvgIpc) is 3.19. The van der Waals surface area contributed by atoms with Crippen LogP contribution >= 0.6 is 11.8 Å². The number of thioether (sulfide) groups is 1. The summed E-state index contributed by atoms with van der Waals surface area (Å²) in [5.74, 6) is 2.20. The molecule has 0 spiro atoms. The van der Waals surface area contributed by atoms with E-state index in [0.717, 1.165) is 28.5 Å². The Morgan fingerprint density at radius 3 is 2.50 bits per heavy atom. The summed E-state index contributed by atoms with van der Waals surface area (Å²) in [4.78, 5) is 12.6. The second-order valence-corrected chi connectivity index (χ2v) is 7.88. The molecule has 1 aromatic heterocycles. The number of para-hydroxylation sites is 1. The standard InChI is InChI=1S/C22H26N4O3S/c1-5-26-20(18-8-6-7-9-19(18)29-4)24-25-22(26)30-15(2)21(27)23-14-16-10-12-17(28-3)13-11-16/h6-13,15H,5,14H2,1-4H3,(H,23,27). The van der Waals surface area contributed by atoms with Gasteiger partial charge in [-0.3, -0.25) is 4.79 Å². The molecular formula is C22H26N4O3S. The van der Waals surface area contributed by atoms with Gasteiger partial charge < -0.3 is 19.4 Å². The summed E-state index contributed by atoms with van der Waals surface area (Å²) in [6.07, 6.45) is 0. The molecule has 8 heteroatoms. The third kappa shape index (κ3) is 4.94. The van der Waals surface area contributed by atoms with Crippen LogP contribution in [-0.4, -0.2) is 40.1 Å². The first-order valence-electron chi connectivity index (χ1n) is 9.71. The van der Waals surface area contributed by atoms with Crippen LogP contribution < -0.4 is 14.8 Å². The highest BCUT2D eigenvalue weighted by Gasteiger charge is 2.21. The number of rotatable bonds is 9. The molecule has 1 N–H and O–H groups in total. The Kier molecular flexibility index (Phi) is 7.35. The summed E-state index contributed by atoms with van der Waals surface area (Å²) in [7, 11) is 3.26. The summed E-state index contributed by atoms with van der Waals surface area (Å²) in [6.45, 7) is 5.04. The van der Waals surface area contributed by atoms with E-state index in [1.807, 2.05) is 66.9 Å². The van der Waals surface area contributed by atoms with E-state index in [-0.39, 0.29) is 11.2 Å². The van der Waals surface area contributed by atoms with Gasteiger partial charge in [0.2, 0.25) is 5.91 Å². The fraction of sp³-hybridized carbons (Fsp3) is 0.318. The van der Waals surface area contributed by atoms with Crippen LogP contribution in [-0.2, 0) is 17.9 Å². The third-order valence-corrected chi connectivity index (χ3v) is 5.74. The van der Waals surface area contributed by atoms with Crippen LogP contribution in [0.25, 0.3) is 11.4 Å². The molecular weight excluding hydrogens is 400 g/mol. The van der Waals surface area contributed by atoms with Crippen molar-refractivity contribution in [1.82, 2.24) is 20.1 Å². The van der Waals surface area contributed by atoms with Crippen LogP contribution in [0.3, 0.4) is 0 Å². The molecule has 0 aliphatic carbocycles. The number of hydrogen-bond acceptors (Lipinski definition) is 6. The van der Waals surface area contributed by atoms with Crippen LogP contribution in [0.1, 0.15) is 19.4 Å². The van der Waals surface area contributed by atoms with Crippen LogP contribution in [0.5, 0.6) is 11.5 Å². The lowest BCUT2D eigenvalue weighted by Crippen LogP contribution is -2.30. The maximum atomic E-state index is 12.6. The lowest BCUT2D eigenvalue weighted by Gasteiger charge is -2.13. The molecule has 158 valence electrons. The van der Waals surface area contributed by atoms with Crippen molar-refractivity contribution in [2.75, 3.05) is 14.2 Å². The fourth-order valence-corrected chi connectivity index (χ4v) is 3.91. The molecule has 3 aromatic rings. The van der Waals surface area contributed by atoms with E-state index in [2.05, 4.69) is 15.5 Å². The summed E-state index contributed by atoms with van der Waals surface area (Å²) >= 11 is 1.39. The Balaban J connectivity index is 1.67. The molecule has 0 aliphatic rings. The van der Waals surface area contributed by atoms with Gasteiger partial charge in [-0.15, -0.1) is 10.2 Å². The smallest absolute Gasteiger partial charge is 0.233 e. The monoisotopic (exact) mass is 426 g/mol. The van der Waals surface area contributed by atoms with Crippen molar-refractivity contribution < 1.29 is 14.3 Å². The first-order valence-corrected chi connectivity index (χ1v) is 10.6. The van der Waals surface area contributed by atoms with Gasteiger partial charge >= 0.3 is 0 Å². The fourth-order valence-electron chi connectivity index (χ4n) is 2.98. The van der Waals surface area contributed by atoms with Crippen molar-refractivity contribution in [2.24, 2.45) is 0 Å². The van der Waals surface area contributed by atoms with Crippen molar-refractivity contribution in [3.63, 3.8) is 0 Å². The van der Waals surface area contributed by atoms with E-state index in [0.29, 0.717) is 18.2 Å². The molecule has 1 atom stereocenters. The molecule has 30 heavy (non-hydrogen) atoms. The second-order valence-electron chi connectivity index (χ2n) is 6.58. The molecule has 2 aromatic carbocycles. The highest BCUT2D eigenvalue weighted by Crippen LogP contribution is 2.31. The summed E-state index contributed by atoms with van der Waals surface area (Å²) < 4.78 is 12.6. The summed E-state index contributed by atoms with van der Waals surface area (Å²) in [6, 6.07) is 15.3. The molecule has 1 heterocycles. The number of hydrogen-bond donors (Lipinski definition) is 1. The highest BCUT2D eigenvalue weighted by molar-refractivity contribution is 8.00. The number of methoxy groups -OCH3 is 2. The Bertz CT molecular complexity index is 988. The van der Waals surface area contributed by atoms with Crippen LogP contribution in [0.2, 0.25) is 0 Å². The van der Waals surface area contributed by atoms with Gasteiger partial charge in [0, 0.05) is 13.1 Å². The van der Waals surface area contributed by atoms with Crippen molar-refractivity contribution in [2.45, 2.75) is 37.3 Å². The maximum absolute atomic E-state index is 12.6. The van der Waals surface area contributed by atoms with Gasteiger partial charge in [0.15, 0.2) is 11.0 Å². The molecule has 7 nitrogen and oxygen atoms in total. The van der Waals surface area contributed by atoms with E-state index in [9.17, 15) is 4.79 Å². The number of aromatic nitrogens is 3. The zero-order valence-corrected chi connectivity index (χ0v) is 18.4. The molecule has 0 aliphatic heterocycles. The van der Waals surface area contributed by atoms with Gasteiger partial charge in [0.05, 0.1) is 25.0 Å². The van der Waals surface area contributed by atoms with Gasteiger partial charge in [0.25, 0.3) is 0 Å². The van der Waals surface area contributed by atoms with Crippen molar-refractivity contribution >= 4 is 17.7 Å². The lowest BCUT2D eigenvalue weighted by atomic mass is 10.2. The maximum Gasteiger partial charge on any atom is 0.233 e. The van der Waals surface area contributed by atoms with Gasteiger partial charge in [-0.1, -0.05) is 36.0 Å². The van der Waals surface area contributed by atoms with Crippen molar-refractivity contribution in [1.29, 1.82) is 0 Å². The lowest BCUT2D eigenvalue weighted by molar-refractivity contribution is -0.120. The van der Waals surface area contributed by atoms with E-state index < -0.39 is 0 Å². The SMILES string of the molecule is CCn1c(SC(C)C(=O)NCc2ccc(OC)cc2)nnc1-c1ccccc1OC. The van der Waals surface area contributed by atoms with Crippen LogP contribution in [0.4, 0.5) is 0 Å². The van der Waals surface area contributed by atoms with Gasteiger partial charge in [-0.25, -0.2) is 0 Å². The summed E-state index contributed by atoms with van der Waals surface area (Å²) in [5, 5.41) is 12.0. The number of benzene rings is 2. The minimum atomic E-state index is -0.316. The average molecular weight is 427 g/mol. The molecule has 3 rings (SSSR count). The predicted molar refractivity (Wildman–Crippen MR) is 118 cm³/mol. The van der Waals surface area contributed by atoms with E-state index in [1.165, 1.54) is 11.8 Å². The molecule has 0 bridgehead atoms. The minimum Gasteiger partial charge on any atom is -0.497 e. The van der Waals surface area contributed by atoms with Crippen LogP contribution in [0.15, 0.2) is 53.7 Å². The molecule has 1 amide bonds. The number of carbonyl (C=O) groups excluding carboxylic acids is 1. The van der Waals surface area contributed by atoms with E-state index >= 15 is 0 Å². The number of amides is 1. The first kappa shape index (κ1) is 21.7. The minimum absolute atomic E-state index is 0.0553. The molecule has 0 saturated heterocycles. The molecule has 0 saturated carbocycles.